The van der Waals surface area contributed by atoms with Gasteiger partial charge in [0.15, 0.2) is 0 Å². The van der Waals surface area contributed by atoms with Crippen LogP contribution in [0.25, 0.3) is 10.9 Å². The number of fused-ring (bicyclic) bond motifs is 2. The van der Waals surface area contributed by atoms with E-state index in [-0.39, 0.29) is 16.5 Å². The molecule has 0 unspecified atom stereocenters. The molecule has 1 aromatic heterocycles. The first-order valence-corrected chi connectivity index (χ1v) is 6.40. The van der Waals surface area contributed by atoms with Gasteiger partial charge >= 0.3 is 0 Å². The fraction of sp³-hybridized carbons (Fsp3) is 0.357. The Kier molecular flexibility index (Phi) is 2.86. The van der Waals surface area contributed by atoms with Crippen LogP contribution in [-0.4, -0.2) is 4.98 Å². The molecule has 0 saturated heterocycles. The second-order valence-electron chi connectivity index (χ2n) is 4.98. The number of halogens is 2. The molecule has 19 heavy (non-hydrogen) atoms. The molecular formula is C14H15F2N3. The van der Waals surface area contributed by atoms with Gasteiger partial charge in [0.2, 0.25) is 0 Å². The molecule has 0 radical (unpaired) electrons. The van der Waals surface area contributed by atoms with E-state index in [0.717, 1.165) is 36.9 Å². The van der Waals surface area contributed by atoms with Gasteiger partial charge in [0.1, 0.15) is 17.2 Å². The van der Waals surface area contributed by atoms with Crippen molar-refractivity contribution >= 4 is 16.6 Å². The molecule has 0 amide bonds. The number of pyridine rings is 1. The lowest BCUT2D eigenvalue weighted by Crippen LogP contribution is -2.16. The molecule has 1 aliphatic rings. The Morgan fingerprint density at radius 2 is 2.00 bits per heavy atom. The van der Waals surface area contributed by atoms with Gasteiger partial charge in [0.25, 0.3) is 0 Å². The topological polar surface area (TPSA) is 50.9 Å². The Morgan fingerprint density at radius 3 is 2.74 bits per heavy atom. The second kappa shape index (κ2) is 4.42. The summed E-state index contributed by atoms with van der Waals surface area (Å²) >= 11 is 0. The average Bonchev–Trinajstić information content (AvgIpc) is 2.42. The molecule has 3 nitrogen and oxygen atoms in total. The zero-order valence-electron chi connectivity index (χ0n) is 10.7. The molecule has 100 valence electrons. The molecule has 0 spiro atoms. The summed E-state index contributed by atoms with van der Waals surface area (Å²) in [6, 6.07) is 1.18. The highest BCUT2D eigenvalue weighted by molar-refractivity contribution is 5.94. The van der Waals surface area contributed by atoms with Crippen LogP contribution in [0.1, 0.15) is 29.7 Å². The maximum Gasteiger partial charge on any atom is 0.149 e. The number of aromatic nitrogens is 1. The Bertz CT molecular complexity index is 668. The summed E-state index contributed by atoms with van der Waals surface area (Å²) in [7, 11) is 0. The normalized spacial score (nSPS) is 14.5. The number of hydrogen-bond acceptors (Lipinski definition) is 3. The number of hydrazine groups is 1. The highest BCUT2D eigenvalue weighted by Gasteiger charge is 2.22. The largest absolute Gasteiger partial charge is 0.323 e. The van der Waals surface area contributed by atoms with Gasteiger partial charge in [-0.25, -0.2) is 13.8 Å². The van der Waals surface area contributed by atoms with E-state index < -0.39 is 11.6 Å². The van der Waals surface area contributed by atoms with Crippen LogP contribution < -0.4 is 11.3 Å². The summed E-state index contributed by atoms with van der Waals surface area (Å²) in [4.78, 5) is 4.32. The molecule has 5 heteroatoms. The van der Waals surface area contributed by atoms with E-state index in [0.29, 0.717) is 5.69 Å². The van der Waals surface area contributed by atoms with E-state index in [9.17, 15) is 8.78 Å². The maximum absolute atomic E-state index is 14.3. The molecule has 0 fully saturated rings. The predicted molar refractivity (Wildman–Crippen MR) is 70.8 cm³/mol. The average molecular weight is 263 g/mol. The Balaban J connectivity index is 2.47. The third-order valence-corrected chi connectivity index (χ3v) is 3.75. The van der Waals surface area contributed by atoms with Crippen molar-refractivity contribution in [1.29, 1.82) is 0 Å². The van der Waals surface area contributed by atoms with Crippen molar-refractivity contribution in [3.63, 3.8) is 0 Å². The van der Waals surface area contributed by atoms with Gasteiger partial charge in [-0.2, -0.15) is 0 Å². The van der Waals surface area contributed by atoms with Crippen molar-refractivity contribution in [3.05, 3.63) is 34.5 Å². The van der Waals surface area contributed by atoms with Crippen LogP contribution in [0.15, 0.2) is 6.07 Å². The van der Waals surface area contributed by atoms with Gasteiger partial charge in [0, 0.05) is 5.69 Å². The summed E-state index contributed by atoms with van der Waals surface area (Å²) in [5, 5.41) is 0.167. The van der Waals surface area contributed by atoms with Gasteiger partial charge < -0.3 is 5.43 Å². The number of rotatable bonds is 1. The number of nitrogens with two attached hydrogens (primary N) is 1. The zero-order valence-corrected chi connectivity index (χ0v) is 10.7. The van der Waals surface area contributed by atoms with Crippen molar-refractivity contribution in [3.8, 4) is 0 Å². The Morgan fingerprint density at radius 1 is 1.26 bits per heavy atom. The van der Waals surface area contributed by atoms with Crippen molar-refractivity contribution in [2.45, 2.75) is 32.6 Å². The van der Waals surface area contributed by atoms with Gasteiger partial charge in [-0.05, 0) is 49.8 Å². The van der Waals surface area contributed by atoms with E-state index in [2.05, 4.69) is 10.4 Å². The fourth-order valence-corrected chi connectivity index (χ4v) is 2.81. The molecule has 3 rings (SSSR count). The quantitative estimate of drug-likeness (QED) is 0.614. The molecule has 1 aliphatic carbocycles. The zero-order chi connectivity index (χ0) is 13.6. The van der Waals surface area contributed by atoms with Crippen molar-refractivity contribution in [2.75, 3.05) is 5.43 Å². The van der Waals surface area contributed by atoms with Crippen molar-refractivity contribution in [1.82, 2.24) is 4.98 Å². The molecule has 2 aromatic rings. The first-order chi connectivity index (χ1) is 9.13. The number of nitrogens with zero attached hydrogens (tertiary/aromatic N) is 1. The molecule has 0 atom stereocenters. The van der Waals surface area contributed by atoms with Crippen LogP contribution in [0.3, 0.4) is 0 Å². The third-order valence-electron chi connectivity index (χ3n) is 3.75. The maximum atomic E-state index is 14.3. The van der Waals surface area contributed by atoms with Crippen molar-refractivity contribution < 1.29 is 8.78 Å². The molecule has 0 bridgehead atoms. The van der Waals surface area contributed by atoms with Crippen molar-refractivity contribution in [2.24, 2.45) is 5.84 Å². The minimum atomic E-state index is -0.501. The molecular weight excluding hydrogens is 248 g/mol. The molecule has 0 aliphatic heterocycles. The second-order valence-corrected chi connectivity index (χ2v) is 4.98. The van der Waals surface area contributed by atoms with Crippen LogP contribution in [-0.2, 0) is 12.8 Å². The van der Waals surface area contributed by atoms with Gasteiger partial charge in [-0.3, -0.25) is 5.84 Å². The lowest BCUT2D eigenvalue weighted by molar-refractivity contribution is 0.604. The molecule has 3 N–H and O–H groups in total. The number of nitrogens with one attached hydrogen (secondary N) is 1. The van der Waals surface area contributed by atoms with E-state index >= 15 is 0 Å². The van der Waals surface area contributed by atoms with Crippen LogP contribution >= 0.6 is 0 Å². The van der Waals surface area contributed by atoms with Crippen LogP contribution in [0.4, 0.5) is 14.5 Å². The lowest BCUT2D eigenvalue weighted by atomic mass is 9.92. The first-order valence-electron chi connectivity index (χ1n) is 6.40. The standard InChI is InChI=1S/C14H15F2N3/c1-7-6-9(15)14-11(12(7)16)13(19-17)8-4-2-3-5-10(8)18-14/h6H,2-5,17H2,1H3,(H,18,19). The van der Waals surface area contributed by atoms with Crippen LogP contribution in [0, 0.1) is 18.6 Å². The first kappa shape index (κ1) is 12.3. The van der Waals surface area contributed by atoms with Gasteiger partial charge in [-0.15, -0.1) is 0 Å². The third kappa shape index (κ3) is 1.76. The van der Waals surface area contributed by atoms with E-state index in [1.807, 2.05) is 0 Å². The van der Waals surface area contributed by atoms with Gasteiger partial charge in [0.05, 0.1) is 11.1 Å². The number of hydrogen-bond donors (Lipinski definition) is 2. The predicted octanol–water partition coefficient (Wildman–Crippen LogP) is 2.99. The summed E-state index contributed by atoms with van der Waals surface area (Å²) in [6.45, 7) is 1.54. The highest BCUT2D eigenvalue weighted by atomic mass is 19.1. The number of nitrogen functional groups attached to an aromatic ring is 1. The minimum absolute atomic E-state index is 0.0664. The van der Waals surface area contributed by atoms with E-state index in [4.69, 9.17) is 5.84 Å². The van der Waals surface area contributed by atoms with E-state index in [1.54, 1.807) is 0 Å². The minimum Gasteiger partial charge on any atom is -0.323 e. The summed E-state index contributed by atoms with van der Waals surface area (Å²) in [5.41, 5.74) is 5.11. The summed E-state index contributed by atoms with van der Waals surface area (Å²) in [5.74, 6) is 4.59. The molecule has 0 saturated carbocycles. The monoisotopic (exact) mass is 263 g/mol. The Hall–Kier alpha value is -1.75. The fourth-order valence-electron chi connectivity index (χ4n) is 2.81. The Labute approximate surface area is 109 Å². The number of aryl methyl sites for hydroxylation is 2. The smallest absolute Gasteiger partial charge is 0.149 e. The highest BCUT2D eigenvalue weighted by Crippen LogP contribution is 2.36. The number of anilines is 1. The summed E-state index contributed by atoms with van der Waals surface area (Å²) < 4.78 is 28.3. The van der Waals surface area contributed by atoms with Crippen LogP contribution in [0.2, 0.25) is 0 Å². The molecule has 1 heterocycles. The lowest BCUT2D eigenvalue weighted by Gasteiger charge is -2.21. The summed E-state index contributed by atoms with van der Waals surface area (Å²) in [6.07, 6.45) is 3.62. The van der Waals surface area contributed by atoms with Gasteiger partial charge in [-0.1, -0.05) is 0 Å². The van der Waals surface area contributed by atoms with Crippen LogP contribution in [0.5, 0.6) is 0 Å². The SMILES string of the molecule is Cc1cc(F)c2nc3c(c(NN)c2c1F)CCCC3. The van der Waals surface area contributed by atoms with E-state index in [1.165, 1.54) is 13.0 Å². The number of benzene rings is 1. The molecule has 1 aromatic carbocycles.